The summed E-state index contributed by atoms with van der Waals surface area (Å²) in [5, 5.41) is 18.4. The van der Waals surface area contributed by atoms with E-state index in [-0.39, 0.29) is 6.10 Å². The summed E-state index contributed by atoms with van der Waals surface area (Å²) in [4.78, 5) is 0. The van der Waals surface area contributed by atoms with Gasteiger partial charge in [-0.05, 0) is 36.5 Å². The Bertz CT molecular complexity index is 349. The van der Waals surface area contributed by atoms with Gasteiger partial charge in [-0.15, -0.1) is 0 Å². The molecule has 0 spiro atoms. The van der Waals surface area contributed by atoms with Crippen molar-refractivity contribution in [1.82, 2.24) is 0 Å². The van der Waals surface area contributed by atoms with E-state index < -0.39 is 0 Å². The van der Waals surface area contributed by atoms with Crippen LogP contribution in [0.5, 0.6) is 0 Å². The van der Waals surface area contributed by atoms with Gasteiger partial charge in [-0.1, -0.05) is 12.1 Å². The van der Waals surface area contributed by atoms with Crippen molar-refractivity contribution in [2.75, 3.05) is 0 Å². The van der Waals surface area contributed by atoms with Crippen LogP contribution in [0.1, 0.15) is 30.1 Å². The fourth-order valence-electron chi connectivity index (χ4n) is 1.48. The fraction of sp³-hybridized carbons (Fsp3) is 0.364. The number of rotatable bonds is 2. The SMILES string of the molecule is N#Cc1cccc([C@H](O)C2CC2)c1. The highest BCUT2D eigenvalue weighted by atomic mass is 16.3. The van der Waals surface area contributed by atoms with Crippen molar-refractivity contribution >= 4 is 0 Å². The van der Waals surface area contributed by atoms with Crippen LogP contribution in [0.4, 0.5) is 0 Å². The van der Waals surface area contributed by atoms with Gasteiger partial charge in [0.05, 0.1) is 17.7 Å². The molecule has 1 N–H and O–H groups in total. The van der Waals surface area contributed by atoms with E-state index in [4.69, 9.17) is 5.26 Å². The summed E-state index contributed by atoms with van der Waals surface area (Å²) in [5.74, 6) is 0.425. The molecule has 0 aromatic heterocycles. The minimum Gasteiger partial charge on any atom is -0.388 e. The van der Waals surface area contributed by atoms with Crippen molar-refractivity contribution in [3.05, 3.63) is 35.4 Å². The van der Waals surface area contributed by atoms with Gasteiger partial charge in [0.2, 0.25) is 0 Å². The van der Waals surface area contributed by atoms with E-state index in [1.165, 1.54) is 0 Å². The molecule has 1 atom stereocenters. The Balaban J connectivity index is 2.24. The second-order valence-corrected chi connectivity index (χ2v) is 3.52. The largest absolute Gasteiger partial charge is 0.388 e. The number of hydrogen-bond acceptors (Lipinski definition) is 2. The molecular weight excluding hydrogens is 162 g/mol. The van der Waals surface area contributed by atoms with E-state index in [1.54, 1.807) is 12.1 Å². The topological polar surface area (TPSA) is 44.0 Å². The van der Waals surface area contributed by atoms with Crippen LogP contribution >= 0.6 is 0 Å². The molecule has 0 heterocycles. The molecule has 2 rings (SSSR count). The van der Waals surface area contributed by atoms with Gasteiger partial charge in [0.15, 0.2) is 0 Å². The molecule has 0 unspecified atom stereocenters. The third-order valence-electron chi connectivity index (χ3n) is 2.43. The quantitative estimate of drug-likeness (QED) is 0.743. The molecule has 1 saturated carbocycles. The predicted octanol–water partition coefficient (Wildman–Crippen LogP) is 2.00. The first-order valence-electron chi connectivity index (χ1n) is 4.49. The van der Waals surface area contributed by atoms with Crippen LogP contribution in [0.3, 0.4) is 0 Å². The van der Waals surface area contributed by atoms with Crippen molar-refractivity contribution in [3.63, 3.8) is 0 Å². The Morgan fingerprint density at radius 3 is 2.85 bits per heavy atom. The van der Waals surface area contributed by atoms with Crippen LogP contribution in [0.2, 0.25) is 0 Å². The zero-order valence-electron chi connectivity index (χ0n) is 7.27. The van der Waals surface area contributed by atoms with Crippen molar-refractivity contribution in [3.8, 4) is 6.07 Å². The summed E-state index contributed by atoms with van der Waals surface area (Å²) in [7, 11) is 0. The van der Waals surface area contributed by atoms with Crippen molar-refractivity contribution < 1.29 is 5.11 Å². The van der Waals surface area contributed by atoms with Crippen molar-refractivity contribution in [1.29, 1.82) is 5.26 Å². The number of aliphatic hydroxyl groups excluding tert-OH is 1. The van der Waals surface area contributed by atoms with Crippen LogP contribution < -0.4 is 0 Å². The molecule has 1 aromatic carbocycles. The number of aliphatic hydroxyl groups is 1. The second kappa shape index (κ2) is 3.20. The van der Waals surface area contributed by atoms with Gasteiger partial charge >= 0.3 is 0 Å². The van der Waals surface area contributed by atoms with Crippen LogP contribution in [0, 0.1) is 17.2 Å². The minimum absolute atomic E-state index is 0.367. The van der Waals surface area contributed by atoms with Gasteiger partial charge in [-0.25, -0.2) is 0 Å². The molecule has 1 aliphatic carbocycles. The Morgan fingerprint density at radius 1 is 1.46 bits per heavy atom. The Labute approximate surface area is 77.4 Å². The van der Waals surface area contributed by atoms with Gasteiger partial charge in [0.1, 0.15) is 0 Å². The van der Waals surface area contributed by atoms with Crippen LogP contribution in [0.25, 0.3) is 0 Å². The molecule has 2 nitrogen and oxygen atoms in total. The molecule has 13 heavy (non-hydrogen) atoms. The van der Waals surface area contributed by atoms with Crippen LogP contribution in [-0.2, 0) is 0 Å². The summed E-state index contributed by atoms with van der Waals surface area (Å²) in [6.45, 7) is 0. The Kier molecular flexibility index (Phi) is 2.03. The fourth-order valence-corrected chi connectivity index (χ4v) is 1.48. The molecule has 66 valence electrons. The summed E-state index contributed by atoms with van der Waals surface area (Å²) in [6.07, 6.45) is 1.85. The average Bonchev–Trinajstić information content (AvgIpc) is 3.00. The normalized spacial score (nSPS) is 17.8. The Hall–Kier alpha value is -1.33. The number of nitriles is 1. The van der Waals surface area contributed by atoms with Gasteiger partial charge in [0, 0.05) is 0 Å². The lowest BCUT2D eigenvalue weighted by Crippen LogP contribution is -1.99. The van der Waals surface area contributed by atoms with E-state index in [9.17, 15) is 5.11 Å². The van der Waals surface area contributed by atoms with E-state index in [1.807, 2.05) is 12.1 Å². The molecule has 0 aliphatic heterocycles. The maximum absolute atomic E-state index is 9.77. The van der Waals surface area contributed by atoms with Gasteiger partial charge in [-0.2, -0.15) is 5.26 Å². The predicted molar refractivity (Wildman–Crippen MR) is 48.8 cm³/mol. The molecule has 1 aliphatic rings. The first-order valence-corrected chi connectivity index (χ1v) is 4.49. The number of benzene rings is 1. The Morgan fingerprint density at radius 2 is 2.23 bits per heavy atom. The third-order valence-corrected chi connectivity index (χ3v) is 2.43. The van der Waals surface area contributed by atoms with E-state index in [0.29, 0.717) is 11.5 Å². The molecule has 1 fully saturated rings. The summed E-state index contributed by atoms with van der Waals surface area (Å²) in [6, 6.07) is 9.29. The van der Waals surface area contributed by atoms with Gasteiger partial charge in [-0.3, -0.25) is 0 Å². The summed E-state index contributed by atoms with van der Waals surface area (Å²) in [5.41, 5.74) is 1.50. The van der Waals surface area contributed by atoms with Crippen LogP contribution in [0.15, 0.2) is 24.3 Å². The highest BCUT2D eigenvalue weighted by Crippen LogP contribution is 2.40. The highest BCUT2D eigenvalue weighted by Gasteiger charge is 2.30. The molecule has 0 bridgehead atoms. The van der Waals surface area contributed by atoms with Crippen molar-refractivity contribution in [2.45, 2.75) is 18.9 Å². The lowest BCUT2D eigenvalue weighted by atomic mass is 10.0. The molecule has 2 heteroatoms. The van der Waals surface area contributed by atoms with Crippen molar-refractivity contribution in [2.24, 2.45) is 5.92 Å². The monoisotopic (exact) mass is 173 g/mol. The summed E-state index contributed by atoms with van der Waals surface area (Å²) >= 11 is 0. The smallest absolute Gasteiger partial charge is 0.0991 e. The van der Waals surface area contributed by atoms with E-state index >= 15 is 0 Å². The molecule has 0 amide bonds. The average molecular weight is 173 g/mol. The number of hydrogen-bond donors (Lipinski definition) is 1. The first kappa shape index (κ1) is 8.28. The lowest BCUT2D eigenvalue weighted by Gasteiger charge is -2.08. The minimum atomic E-state index is -0.367. The second-order valence-electron chi connectivity index (χ2n) is 3.52. The molecule has 1 aromatic rings. The van der Waals surface area contributed by atoms with Crippen LogP contribution in [-0.4, -0.2) is 5.11 Å². The molecular formula is C11H11NO. The number of nitrogens with zero attached hydrogens (tertiary/aromatic N) is 1. The summed E-state index contributed by atoms with van der Waals surface area (Å²) < 4.78 is 0. The molecule has 0 saturated heterocycles. The van der Waals surface area contributed by atoms with Gasteiger partial charge in [0.25, 0.3) is 0 Å². The lowest BCUT2D eigenvalue weighted by molar-refractivity contribution is 0.154. The van der Waals surface area contributed by atoms with E-state index in [0.717, 1.165) is 18.4 Å². The standard InChI is InChI=1S/C11H11NO/c12-7-8-2-1-3-10(6-8)11(13)9-4-5-9/h1-3,6,9,11,13H,4-5H2/t11-/m1/s1. The highest BCUT2D eigenvalue weighted by molar-refractivity contribution is 5.34. The van der Waals surface area contributed by atoms with E-state index in [2.05, 4.69) is 6.07 Å². The molecule has 0 radical (unpaired) electrons. The third kappa shape index (κ3) is 1.71. The maximum Gasteiger partial charge on any atom is 0.0991 e. The van der Waals surface area contributed by atoms with Gasteiger partial charge < -0.3 is 5.11 Å². The zero-order valence-corrected chi connectivity index (χ0v) is 7.27. The zero-order chi connectivity index (χ0) is 9.26. The first-order chi connectivity index (χ1) is 6.31. The maximum atomic E-state index is 9.77.